The molecular weight excluding hydrogens is 148 g/mol. The van der Waals surface area contributed by atoms with Crippen LogP contribution in [-0.4, -0.2) is 34.5 Å². The zero-order valence-electron chi connectivity index (χ0n) is 6.29. The smallest absolute Gasteiger partial charge is 0.310 e. The van der Waals surface area contributed by atoms with Crippen LogP contribution in [0.4, 0.5) is 0 Å². The Balaban J connectivity index is 3.60. The zero-order chi connectivity index (χ0) is 8.69. The summed E-state index contributed by atoms with van der Waals surface area (Å²) in [5.74, 6) is -0.700. The van der Waals surface area contributed by atoms with Gasteiger partial charge in [-0.3, -0.25) is 4.79 Å². The molecule has 4 nitrogen and oxygen atoms in total. The van der Waals surface area contributed by atoms with Crippen molar-refractivity contribution in [3.05, 3.63) is 5.92 Å². The minimum atomic E-state index is -0.979. The number of carboxylic acids is 1. The van der Waals surface area contributed by atoms with E-state index in [4.69, 9.17) is 15.3 Å². The summed E-state index contributed by atoms with van der Waals surface area (Å²) in [4.78, 5) is 10.4. The van der Waals surface area contributed by atoms with Crippen molar-refractivity contribution in [2.24, 2.45) is 0 Å². The Bertz CT molecular complexity index is 113. The third kappa shape index (κ3) is 4.75. The molecule has 4 heteroatoms. The van der Waals surface area contributed by atoms with Crippen molar-refractivity contribution >= 4 is 5.97 Å². The number of hydrogen-bond acceptors (Lipinski definition) is 3. The number of carbonyl (C=O) groups is 1. The molecule has 0 aliphatic carbocycles. The molecule has 0 unspecified atom stereocenters. The van der Waals surface area contributed by atoms with Crippen molar-refractivity contribution in [3.63, 3.8) is 0 Å². The Morgan fingerprint density at radius 1 is 1.09 bits per heavy atom. The van der Waals surface area contributed by atoms with Gasteiger partial charge in [0.15, 0.2) is 0 Å². The van der Waals surface area contributed by atoms with Gasteiger partial charge in [-0.05, 0) is 19.3 Å². The first-order chi connectivity index (χ1) is 5.22. The number of aliphatic carboxylic acids is 1. The average molecular weight is 161 g/mol. The van der Waals surface area contributed by atoms with Crippen molar-refractivity contribution < 1.29 is 20.1 Å². The minimum absolute atomic E-state index is 0.0117. The average Bonchev–Trinajstić information content (AvgIpc) is 1.97. The molecule has 0 fully saturated rings. The van der Waals surface area contributed by atoms with Gasteiger partial charge < -0.3 is 15.3 Å². The standard InChI is InChI=1S/C7H13O4/c8-4-1-2-6(3-5-9)7(10)11/h8-9H,1-5H2,(H,10,11). The Labute approximate surface area is 65.5 Å². The third-order valence-electron chi connectivity index (χ3n) is 1.35. The Morgan fingerprint density at radius 3 is 2.09 bits per heavy atom. The van der Waals surface area contributed by atoms with Gasteiger partial charge in [-0.1, -0.05) is 0 Å². The highest BCUT2D eigenvalue weighted by atomic mass is 16.4. The number of rotatable bonds is 6. The fourth-order valence-corrected chi connectivity index (χ4v) is 0.766. The first kappa shape index (κ1) is 10.4. The van der Waals surface area contributed by atoms with Crippen molar-refractivity contribution in [2.75, 3.05) is 13.2 Å². The number of hydrogen-bond donors (Lipinski definition) is 3. The molecule has 0 spiro atoms. The topological polar surface area (TPSA) is 77.8 Å². The maximum atomic E-state index is 10.4. The normalized spacial score (nSPS) is 10.5. The second-order valence-electron chi connectivity index (χ2n) is 2.21. The summed E-state index contributed by atoms with van der Waals surface area (Å²) < 4.78 is 0. The SMILES string of the molecule is O=C(O)[C](CCO)CCCO. The van der Waals surface area contributed by atoms with E-state index in [1.807, 2.05) is 0 Å². The van der Waals surface area contributed by atoms with Gasteiger partial charge in [-0.2, -0.15) is 0 Å². The quantitative estimate of drug-likeness (QED) is 0.504. The van der Waals surface area contributed by atoms with E-state index in [-0.39, 0.29) is 25.6 Å². The largest absolute Gasteiger partial charge is 0.481 e. The van der Waals surface area contributed by atoms with Crippen LogP contribution in [0.3, 0.4) is 0 Å². The van der Waals surface area contributed by atoms with Crippen LogP contribution in [0.1, 0.15) is 19.3 Å². The molecule has 0 aromatic heterocycles. The van der Waals surface area contributed by atoms with E-state index >= 15 is 0 Å². The van der Waals surface area contributed by atoms with E-state index in [2.05, 4.69) is 0 Å². The summed E-state index contributed by atoms with van der Waals surface area (Å²) in [6, 6.07) is 0. The molecule has 0 amide bonds. The summed E-state index contributed by atoms with van der Waals surface area (Å²) >= 11 is 0. The number of carboxylic acid groups (broad SMARTS) is 1. The third-order valence-corrected chi connectivity index (χ3v) is 1.35. The van der Waals surface area contributed by atoms with Gasteiger partial charge in [-0.25, -0.2) is 0 Å². The maximum Gasteiger partial charge on any atom is 0.310 e. The van der Waals surface area contributed by atoms with Gasteiger partial charge in [0.1, 0.15) is 0 Å². The van der Waals surface area contributed by atoms with E-state index in [1.54, 1.807) is 0 Å². The molecule has 0 aliphatic heterocycles. The zero-order valence-corrected chi connectivity index (χ0v) is 6.29. The summed E-state index contributed by atoms with van der Waals surface area (Å²) in [7, 11) is 0. The maximum absolute atomic E-state index is 10.4. The molecule has 0 heterocycles. The fraction of sp³-hybridized carbons (Fsp3) is 0.714. The van der Waals surface area contributed by atoms with Crippen LogP contribution in [0.2, 0.25) is 0 Å². The molecular formula is C7H13O4. The second kappa shape index (κ2) is 6.12. The predicted octanol–water partition coefficient (Wildman–Crippen LogP) is -0.200. The second-order valence-corrected chi connectivity index (χ2v) is 2.21. The minimum Gasteiger partial charge on any atom is -0.481 e. The number of aliphatic hydroxyl groups is 2. The summed E-state index contributed by atoms with van der Waals surface area (Å²) in [5, 5.41) is 25.3. The molecule has 1 radical (unpaired) electrons. The van der Waals surface area contributed by atoms with E-state index in [9.17, 15) is 4.79 Å². The van der Waals surface area contributed by atoms with Gasteiger partial charge in [0.25, 0.3) is 0 Å². The van der Waals surface area contributed by atoms with E-state index < -0.39 is 5.97 Å². The van der Waals surface area contributed by atoms with Crippen LogP contribution in [0.5, 0.6) is 0 Å². The fourth-order valence-electron chi connectivity index (χ4n) is 0.766. The lowest BCUT2D eigenvalue weighted by Crippen LogP contribution is -2.13. The highest BCUT2D eigenvalue weighted by molar-refractivity contribution is 5.82. The van der Waals surface area contributed by atoms with Crippen LogP contribution < -0.4 is 0 Å². The highest BCUT2D eigenvalue weighted by Crippen LogP contribution is 2.12. The van der Waals surface area contributed by atoms with Crippen LogP contribution in [-0.2, 0) is 4.79 Å². The van der Waals surface area contributed by atoms with Crippen LogP contribution in [0.15, 0.2) is 0 Å². The molecule has 0 aliphatic rings. The van der Waals surface area contributed by atoms with Crippen molar-refractivity contribution in [2.45, 2.75) is 19.3 Å². The lowest BCUT2D eigenvalue weighted by molar-refractivity contribution is -0.135. The van der Waals surface area contributed by atoms with Gasteiger partial charge in [0.2, 0.25) is 0 Å². The molecule has 0 atom stereocenters. The van der Waals surface area contributed by atoms with E-state index in [0.29, 0.717) is 12.8 Å². The van der Waals surface area contributed by atoms with Crippen LogP contribution in [0, 0.1) is 5.92 Å². The molecule has 0 saturated carbocycles. The van der Waals surface area contributed by atoms with Crippen molar-refractivity contribution in [1.82, 2.24) is 0 Å². The van der Waals surface area contributed by atoms with Gasteiger partial charge in [-0.15, -0.1) is 0 Å². The van der Waals surface area contributed by atoms with Crippen molar-refractivity contribution in [3.8, 4) is 0 Å². The first-order valence-corrected chi connectivity index (χ1v) is 3.52. The lowest BCUT2D eigenvalue weighted by Gasteiger charge is -2.07. The van der Waals surface area contributed by atoms with Gasteiger partial charge >= 0.3 is 5.97 Å². The molecule has 0 rings (SSSR count). The molecule has 65 valence electrons. The monoisotopic (exact) mass is 161 g/mol. The Kier molecular flexibility index (Phi) is 5.78. The van der Waals surface area contributed by atoms with Gasteiger partial charge in [0.05, 0.1) is 5.92 Å². The first-order valence-electron chi connectivity index (χ1n) is 3.52. The molecule has 0 aromatic rings. The molecule has 3 N–H and O–H groups in total. The van der Waals surface area contributed by atoms with Crippen molar-refractivity contribution in [1.29, 1.82) is 0 Å². The predicted molar refractivity (Wildman–Crippen MR) is 38.9 cm³/mol. The Morgan fingerprint density at radius 2 is 1.73 bits per heavy atom. The molecule has 0 bridgehead atoms. The molecule has 11 heavy (non-hydrogen) atoms. The van der Waals surface area contributed by atoms with E-state index in [0.717, 1.165) is 0 Å². The van der Waals surface area contributed by atoms with Gasteiger partial charge in [0, 0.05) is 13.2 Å². The summed E-state index contributed by atoms with van der Waals surface area (Å²) in [5.41, 5.74) is 0. The molecule has 0 saturated heterocycles. The summed E-state index contributed by atoms with van der Waals surface area (Å²) in [6.07, 6.45) is 0.989. The van der Waals surface area contributed by atoms with E-state index in [1.165, 1.54) is 0 Å². The van der Waals surface area contributed by atoms with Crippen LogP contribution in [0.25, 0.3) is 0 Å². The highest BCUT2D eigenvalue weighted by Gasteiger charge is 2.16. The Hall–Kier alpha value is -0.610. The lowest BCUT2D eigenvalue weighted by atomic mass is 10.0. The summed E-state index contributed by atoms with van der Waals surface area (Å²) in [6.45, 7) is -0.157. The molecule has 0 aromatic carbocycles. The van der Waals surface area contributed by atoms with Crippen LogP contribution >= 0.6 is 0 Å². The number of aliphatic hydroxyl groups excluding tert-OH is 2.